The molecule has 0 radical (unpaired) electrons. The van der Waals surface area contributed by atoms with Gasteiger partial charge in [0.1, 0.15) is 0 Å². The SMILES string of the molecule is CN(Cc1ccccn1)C(=O)[C@H]1CNC[C@@H]1c1cnn(C)c1. The van der Waals surface area contributed by atoms with Crippen molar-refractivity contribution >= 4 is 5.91 Å². The van der Waals surface area contributed by atoms with Gasteiger partial charge in [-0.25, -0.2) is 0 Å². The molecule has 116 valence electrons. The second-order valence-corrected chi connectivity index (χ2v) is 5.83. The first-order valence-corrected chi connectivity index (χ1v) is 7.49. The molecule has 1 aliphatic rings. The maximum absolute atomic E-state index is 12.8. The van der Waals surface area contributed by atoms with Crippen LogP contribution in [0.1, 0.15) is 17.2 Å². The summed E-state index contributed by atoms with van der Waals surface area (Å²) < 4.78 is 1.78. The van der Waals surface area contributed by atoms with Crippen molar-refractivity contribution in [3.63, 3.8) is 0 Å². The molecule has 22 heavy (non-hydrogen) atoms. The Bertz CT molecular complexity index is 639. The molecule has 2 atom stereocenters. The number of rotatable bonds is 4. The van der Waals surface area contributed by atoms with E-state index in [0.717, 1.165) is 17.8 Å². The standard InChI is InChI=1S/C16H21N5O/c1-20(11-13-5-3-4-6-18-13)16(22)15-9-17-8-14(15)12-7-19-21(2)10-12/h3-7,10,14-15,17H,8-9,11H2,1-2H3/t14-,15+/m1/s1. The Morgan fingerprint density at radius 1 is 1.45 bits per heavy atom. The number of hydrogen-bond acceptors (Lipinski definition) is 4. The molecule has 2 aromatic rings. The van der Waals surface area contributed by atoms with Gasteiger partial charge in [-0.2, -0.15) is 5.10 Å². The van der Waals surface area contributed by atoms with Gasteiger partial charge in [-0.05, 0) is 17.7 Å². The molecule has 1 N–H and O–H groups in total. The zero-order valence-electron chi connectivity index (χ0n) is 12.9. The summed E-state index contributed by atoms with van der Waals surface area (Å²) in [5.74, 6) is 0.301. The van der Waals surface area contributed by atoms with Gasteiger partial charge >= 0.3 is 0 Å². The minimum atomic E-state index is -0.0436. The van der Waals surface area contributed by atoms with Crippen molar-refractivity contribution in [1.29, 1.82) is 0 Å². The Morgan fingerprint density at radius 2 is 2.32 bits per heavy atom. The molecule has 0 aliphatic carbocycles. The van der Waals surface area contributed by atoms with Gasteiger partial charge in [0.15, 0.2) is 0 Å². The number of aromatic nitrogens is 3. The third kappa shape index (κ3) is 3.01. The fourth-order valence-corrected chi connectivity index (χ4v) is 3.02. The number of nitrogens with zero attached hydrogens (tertiary/aromatic N) is 4. The molecule has 6 nitrogen and oxygen atoms in total. The van der Waals surface area contributed by atoms with Crippen LogP contribution in [0.15, 0.2) is 36.8 Å². The van der Waals surface area contributed by atoms with Crippen LogP contribution in [-0.4, -0.2) is 45.7 Å². The lowest BCUT2D eigenvalue weighted by Crippen LogP contribution is -2.35. The van der Waals surface area contributed by atoms with Crippen LogP contribution in [0.25, 0.3) is 0 Å². The van der Waals surface area contributed by atoms with Crippen molar-refractivity contribution in [3.05, 3.63) is 48.0 Å². The van der Waals surface area contributed by atoms with Gasteiger partial charge < -0.3 is 10.2 Å². The maximum Gasteiger partial charge on any atom is 0.227 e. The number of hydrogen-bond donors (Lipinski definition) is 1. The summed E-state index contributed by atoms with van der Waals surface area (Å²) in [6, 6.07) is 5.76. The zero-order valence-corrected chi connectivity index (χ0v) is 12.9. The molecule has 1 aliphatic heterocycles. The van der Waals surface area contributed by atoms with Crippen molar-refractivity contribution in [2.45, 2.75) is 12.5 Å². The highest BCUT2D eigenvalue weighted by Gasteiger charge is 2.36. The summed E-state index contributed by atoms with van der Waals surface area (Å²) in [5.41, 5.74) is 2.03. The van der Waals surface area contributed by atoms with E-state index in [0.29, 0.717) is 13.1 Å². The number of aryl methyl sites for hydroxylation is 1. The molecule has 0 aromatic carbocycles. The van der Waals surface area contributed by atoms with E-state index < -0.39 is 0 Å². The maximum atomic E-state index is 12.8. The van der Waals surface area contributed by atoms with Crippen LogP contribution >= 0.6 is 0 Å². The van der Waals surface area contributed by atoms with Crippen LogP contribution in [0, 0.1) is 5.92 Å². The Balaban J connectivity index is 1.70. The first-order chi connectivity index (χ1) is 10.6. The van der Waals surface area contributed by atoms with Gasteiger partial charge in [0, 0.05) is 45.5 Å². The van der Waals surface area contributed by atoms with E-state index >= 15 is 0 Å². The molecule has 1 fully saturated rings. The predicted octanol–water partition coefficient (Wildman–Crippen LogP) is 0.777. The van der Waals surface area contributed by atoms with Crippen molar-refractivity contribution in [1.82, 2.24) is 25.0 Å². The summed E-state index contributed by atoms with van der Waals surface area (Å²) in [5, 5.41) is 7.55. The van der Waals surface area contributed by atoms with Crippen molar-refractivity contribution in [2.24, 2.45) is 13.0 Å². The Labute approximate surface area is 130 Å². The smallest absolute Gasteiger partial charge is 0.227 e. The summed E-state index contributed by atoms with van der Waals surface area (Å²) in [7, 11) is 3.74. The number of carbonyl (C=O) groups is 1. The minimum Gasteiger partial charge on any atom is -0.340 e. The summed E-state index contributed by atoms with van der Waals surface area (Å²) in [4.78, 5) is 18.8. The highest BCUT2D eigenvalue weighted by atomic mass is 16.2. The Morgan fingerprint density at radius 3 is 3.00 bits per heavy atom. The fourth-order valence-electron chi connectivity index (χ4n) is 3.02. The molecule has 3 rings (SSSR count). The average Bonchev–Trinajstić information content (AvgIpc) is 3.15. The van der Waals surface area contributed by atoms with Crippen molar-refractivity contribution in [3.8, 4) is 0 Å². The van der Waals surface area contributed by atoms with Crippen molar-refractivity contribution < 1.29 is 4.79 Å². The predicted molar refractivity (Wildman–Crippen MR) is 83.0 cm³/mol. The topological polar surface area (TPSA) is 63.1 Å². The van der Waals surface area contributed by atoms with E-state index in [2.05, 4.69) is 15.4 Å². The second kappa shape index (κ2) is 6.27. The number of nitrogens with one attached hydrogen (secondary N) is 1. The zero-order chi connectivity index (χ0) is 15.5. The molecule has 6 heteroatoms. The van der Waals surface area contributed by atoms with E-state index in [4.69, 9.17) is 0 Å². The number of pyridine rings is 1. The summed E-state index contributed by atoms with van der Waals surface area (Å²) >= 11 is 0. The minimum absolute atomic E-state index is 0.0436. The van der Waals surface area contributed by atoms with Gasteiger partial charge in [0.05, 0.1) is 24.4 Å². The van der Waals surface area contributed by atoms with Gasteiger partial charge in [0.25, 0.3) is 0 Å². The lowest BCUT2D eigenvalue weighted by molar-refractivity contribution is -0.134. The largest absolute Gasteiger partial charge is 0.340 e. The normalized spacial score (nSPS) is 21.0. The molecular formula is C16H21N5O. The van der Waals surface area contributed by atoms with E-state index in [1.807, 2.05) is 44.7 Å². The quantitative estimate of drug-likeness (QED) is 0.906. The first kappa shape index (κ1) is 14.7. The number of carbonyl (C=O) groups excluding carboxylic acids is 1. The molecule has 1 saturated heterocycles. The fraction of sp³-hybridized carbons (Fsp3) is 0.438. The van der Waals surface area contributed by atoms with Gasteiger partial charge in [-0.15, -0.1) is 0 Å². The Kier molecular flexibility index (Phi) is 4.20. The number of amides is 1. The molecule has 0 saturated carbocycles. The summed E-state index contributed by atoms with van der Waals surface area (Å²) in [6.45, 7) is 2.07. The van der Waals surface area contributed by atoms with E-state index in [9.17, 15) is 4.79 Å². The molecule has 3 heterocycles. The van der Waals surface area contributed by atoms with Gasteiger partial charge in [0.2, 0.25) is 5.91 Å². The lowest BCUT2D eigenvalue weighted by Gasteiger charge is -2.23. The van der Waals surface area contributed by atoms with Gasteiger partial charge in [-0.1, -0.05) is 6.07 Å². The van der Waals surface area contributed by atoms with Crippen LogP contribution < -0.4 is 5.32 Å². The molecule has 0 unspecified atom stereocenters. The molecular weight excluding hydrogens is 278 g/mol. The average molecular weight is 299 g/mol. The van der Waals surface area contributed by atoms with Crippen LogP contribution in [-0.2, 0) is 18.4 Å². The van der Waals surface area contributed by atoms with Gasteiger partial charge in [-0.3, -0.25) is 14.5 Å². The van der Waals surface area contributed by atoms with E-state index in [1.54, 1.807) is 15.8 Å². The third-order valence-corrected chi connectivity index (χ3v) is 4.19. The van der Waals surface area contributed by atoms with Crippen LogP contribution in [0.2, 0.25) is 0 Å². The lowest BCUT2D eigenvalue weighted by atomic mass is 9.90. The van der Waals surface area contributed by atoms with Crippen LogP contribution in [0.5, 0.6) is 0 Å². The molecule has 0 spiro atoms. The monoisotopic (exact) mass is 299 g/mol. The summed E-state index contributed by atoms with van der Waals surface area (Å²) in [6.07, 6.45) is 5.61. The van der Waals surface area contributed by atoms with Crippen molar-refractivity contribution in [2.75, 3.05) is 20.1 Å². The molecule has 1 amide bonds. The van der Waals surface area contributed by atoms with E-state index in [1.165, 1.54) is 0 Å². The highest BCUT2D eigenvalue weighted by molar-refractivity contribution is 5.80. The highest BCUT2D eigenvalue weighted by Crippen LogP contribution is 2.29. The van der Waals surface area contributed by atoms with Crippen LogP contribution in [0.3, 0.4) is 0 Å². The van der Waals surface area contributed by atoms with E-state index in [-0.39, 0.29) is 17.7 Å². The van der Waals surface area contributed by atoms with Crippen LogP contribution in [0.4, 0.5) is 0 Å². The molecule has 0 bridgehead atoms. The molecule has 2 aromatic heterocycles. The second-order valence-electron chi connectivity index (χ2n) is 5.83. The Hall–Kier alpha value is -2.21. The first-order valence-electron chi connectivity index (χ1n) is 7.49. The third-order valence-electron chi connectivity index (χ3n) is 4.19.